The van der Waals surface area contributed by atoms with Crippen molar-refractivity contribution < 1.29 is 9.90 Å². The van der Waals surface area contributed by atoms with Gasteiger partial charge in [0.1, 0.15) is 0 Å². The Bertz CT molecular complexity index is 565. The molecule has 1 aromatic carbocycles. The number of amides is 1. The van der Waals surface area contributed by atoms with Crippen LogP contribution in [-0.2, 0) is 0 Å². The van der Waals surface area contributed by atoms with Gasteiger partial charge in [-0.2, -0.15) is 0 Å². The van der Waals surface area contributed by atoms with Crippen molar-refractivity contribution in [3.8, 4) is 0 Å². The first kappa shape index (κ1) is 12.7. The molecule has 4 nitrogen and oxygen atoms in total. The molecule has 1 amide bonds. The minimum atomic E-state index is -0.0979. The van der Waals surface area contributed by atoms with Crippen LogP contribution in [0.4, 0.5) is 0 Å². The number of hydrogen-bond acceptors (Lipinski definition) is 4. The molecular formula is C13H14N2O2S. The maximum Gasteiger partial charge on any atom is 0.254 e. The van der Waals surface area contributed by atoms with E-state index in [9.17, 15) is 4.79 Å². The molecule has 0 aliphatic heterocycles. The highest BCUT2D eigenvalue weighted by molar-refractivity contribution is 7.16. The molecule has 0 spiro atoms. The van der Waals surface area contributed by atoms with Crippen molar-refractivity contribution >= 4 is 27.5 Å². The van der Waals surface area contributed by atoms with Gasteiger partial charge in [-0.05, 0) is 18.2 Å². The van der Waals surface area contributed by atoms with E-state index in [1.54, 1.807) is 22.6 Å². The zero-order chi connectivity index (χ0) is 13.0. The van der Waals surface area contributed by atoms with E-state index in [4.69, 9.17) is 5.11 Å². The van der Waals surface area contributed by atoms with Gasteiger partial charge in [0.25, 0.3) is 5.91 Å². The number of rotatable bonds is 5. The third-order valence-electron chi connectivity index (χ3n) is 2.58. The van der Waals surface area contributed by atoms with E-state index in [2.05, 4.69) is 11.6 Å². The van der Waals surface area contributed by atoms with E-state index in [0.29, 0.717) is 18.7 Å². The largest absolute Gasteiger partial charge is 0.395 e. The Balaban J connectivity index is 2.27. The molecule has 5 heteroatoms. The monoisotopic (exact) mass is 262 g/mol. The molecular weight excluding hydrogens is 248 g/mol. The number of nitrogens with zero attached hydrogens (tertiary/aromatic N) is 2. The molecule has 0 aliphatic carbocycles. The van der Waals surface area contributed by atoms with E-state index in [-0.39, 0.29) is 12.5 Å². The number of hydrogen-bond donors (Lipinski definition) is 1. The molecule has 0 unspecified atom stereocenters. The molecule has 1 heterocycles. The van der Waals surface area contributed by atoms with Crippen molar-refractivity contribution in [1.82, 2.24) is 9.88 Å². The van der Waals surface area contributed by atoms with Crippen LogP contribution in [0.3, 0.4) is 0 Å². The fourth-order valence-corrected chi connectivity index (χ4v) is 2.44. The summed E-state index contributed by atoms with van der Waals surface area (Å²) in [5, 5.41) is 8.96. The zero-order valence-electron chi connectivity index (χ0n) is 9.87. The Kier molecular flexibility index (Phi) is 4.07. The maximum absolute atomic E-state index is 12.2. The van der Waals surface area contributed by atoms with E-state index >= 15 is 0 Å². The Morgan fingerprint density at radius 3 is 3.11 bits per heavy atom. The molecule has 0 radical (unpaired) electrons. The van der Waals surface area contributed by atoms with Crippen LogP contribution < -0.4 is 0 Å². The van der Waals surface area contributed by atoms with E-state index in [1.807, 2.05) is 12.1 Å². The minimum absolute atomic E-state index is 0.0532. The van der Waals surface area contributed by atoms with Crippen molar-refractivity contribution in [3.05, 3.63) is 41.9 Å². The first-order chi connectivity index (χ1) is 8.76. The van der Waals surface area contributed by atoms with Crippen molar-refractivity contribution in [2.45, 2.75) is 0 Å². The van der Waals surface area contributed by atoms with Crippen molar-refractivity contribution in [3.63, 3.8) is 0 Å². The Labute approximate surface area is 109 Å². The highest BCUT2D eigenvalue weighted by Gasteiger charge is 2.14. The van der Waals surface area contributed by atoms with Gasteiger partial charge in [-0.1, -0.05) is 6.08 Å². The molecule has 2 rings (SSSR count). The Hall–Kier alpha value is -1.72. The summed E-state index contributed by atoms with van der Waals surface area (Å²) in [4.78, 5) is 18.0. The van der Waals surface area contributed by atoms with Gasteiger partial charge in [0.2, 0.25) is 0 Å². The number of aliphatic hydroxyl groups excluding tert-OH is 1. The second-order valence-corrected chi connectivity index (χ2v) is 4.68. The molecule has 2 aromatic rings. The Morgan fingerprint density at radius 1 is 1.56 bits per heavy atom. The summed E-state index contributed by atoms with van der Waals surface area (Å²) >= 11 is 1.51. The average molecular weight is 262 g/mol. The second-order valence-electron chi connectivity index (χ2n) is 3.80. The van der Waals surface area contributed by atoms with Crippen LogP contribution in [0.2, 0.25) is 0 Å². The molecule has 94 valence electrons. The van der Waals surface area contributed by atoms with E-state index in [1.165, 1.54) is 11.3 Å². The second kappa shape index (κ2) is 5.75. The lowest BCUT2D eigenvalue weighted by Crippen LogP contribution is -2.33. The number of thiazole rings is 1. The quantitative estimate of drug-likeness (QED) is 0.838. The average Bonchev–Trinajstić information content (AvgIpc) is 2.84. The SMILES string of the molecule is C=CCN(CCO)C(=O)c1ccc2ncsc2c1. The molecule has 1 aromatic heterocycles. The molecule has 0 saturated heterocycles. The van der Waals surface area contributed by atoms with Crippen LogP contribution in [0, 0.1) is 0 Å². The first-order valence-electron chi connectivity index (χ1n) is 5.60. The summed E-state index contributed by atoms with van der Waals surface area (Å²) in [6.07, 6.45) is 1.65. The van der Waals surface area contributed by atoms with Crippen LogP contribution in [0.5, 0.6) is 0 Å². The number of carbonyl (C=O) groups is 1. The molecule has 0 saturated carbocycles. The van der Waals surface area contributed by atoms with Crippen LogP contribution in [0.1, 0.15) is 10.4 Å². The van der Waals surface area contributed by atoms with Gasteiger partial charge in [-0.25, -0.2) is 4.98 Å². The predicted octanol–water partition coefficient (Wildman–Crippen LogP) is 1.92. The lowest BCUT2D eigenvalue weighted by molar-refractivity contribution is 0.0743. The third-order valence-corrected chi connectivity index (χ3v) is 3.38. The van der Waals surface area contributed by atoms with Crippen LogP contribution in [-0.4, -0.2) is 40.6 Å². The fraction of sp³-hybridized carbons (Fsp3) is 0.231. The summed E-state index contributed by atoms with van der Waals surface area (Å²) in [5.74, 6) is -0.0979. The predicted molar refractivity (Wildman–Crippen MR) is 72.8 cm³/mol. The summed E-state index contributed by atoms with van der Waals surface area (Å²) in [7, 11) is 0. The molecule has 1 N–H and O–H groups in total. The van der Waals surface area contributed by atoms with Crippen LogP contribution in [0.25, 0.3) is 10.2 Å². The third kappa shape index (κ3) is 2.57. The van der Waals surface area contributed by atoms with Gasteiger partial charge in [-0.15, -0.1) is 17.9 Å². The summed E-state index contributed by atoms with van der Waals surface area (Å²) < 4.78 is 0.989. The van der Waals surface area contributed by atoms with Gasteiger partial charge in [0.05, 0.1) is 22.3 Å². The number of carbonyl (C=O) groups excluding carboxylic acids is 1. The molecule has 0 atom stereocenters. The highest BCUT2D eigenvalue weighted by Crippen LogP contribution is 2.19. The van der Waals surface area contributed by atoms with Gasteiger partial charge in [-0.3, -0.25) is 4.79 Å². The van der Waals surface area contributed by atoms with Gasteiger partial charge in [0.15, 0.2) is 0 Å². The number of aliphatic hydroxyl groups is 1. The fourth-order valence-electron chi connectivity index (χ4n) is 1.72. The van der Waals surface area contributed by atoms with Gasteiger partial charge in [0, 0.05) is 18.7 Å². The van der Waals surface area contributed by atoms with E-state index < -0.39 is 0 Å². The molecule has 0 fully saturated rings. The lowest BCUT2D eigenvalue weighted by Gasteiger charge is -2.19. The summed E-state index contributed by atoms with van der Waals surface area (Å²) in [5.41, 5.74) is 3.27. The highest BCUT2D eigenvalue weighted by atomic mass is 32.1. The maximum atomic E-state index is 12.2. The van der Waals surface area contributed by atoms with Gasteiger partial charge >= 0.3 is 0 Å². The van der Waals surface area contributed by atoms with E-state index in [0.717, 1.165) is 10.2 Å². The minimum Gasteiger partial charge on any atom is -0.395 e. The molecule has 0 bridgehead atoms. The Morgan fingerprint density at radius 2 is 2.39 bits per heavy atom. The molecule has 18 heavy (non-hydrogen) atoms. The lowest BCUT2D eigenvalue weighted by atomic mass is 10.2. The number of benzene rings is 1. The van der Waals surface area contributed by atoms with Crippen LogP contribution >= 0.6 is 11.3 Å². The van der Waals surface area contributed by atoms with Crippen molar-refractivity contribution in [2.75, 3.05) is 19.7 Å². The zero-order valence-corrected chi connectivity index (χ0v) is 10.7. The number of fused-ring (bicyclic) bond motifs is 1. The normalized spacial score (nSPS) is 10.5. The smallest absolute Gasteiger partial charge is 0.254 e. The van der Waals surface area contributed by atoms with Crippen molar-refractivity contribution in [2.24, 2.45) is 0 Å². The number of aromatic nitrogens is 1. The summed E-state index contributed by atoms with van der Waals surface area (Å²) in [6, 6.07) is 5.44. The first-order valence-corrected chi connectivity index (χ1v) is 6.48. The molecule has 0 aliphatic rings. The van der Waals surface area contributed by atoms with Crippen molar-refractivity contribution in [1.29, 1.82) is 0 Å². The standard InChI is InChI=1S/C13H14N2O2S/c1-2-5-15(6-7-16)13(17)10-3-4-11-12(8-10)18-9-14-11/h2-4,8-9,16H,1,5-7H2. The topological polar surface area (TPSA) is 53.4 Å². The summed E-state index contributed by atoms with van der Waals surface area (Å²) in [6.45, 7) is 4.31. The van der Waals surface area contributed by atoms with Gasteiger partial charge < -0.3 is 10.0 Å². The van der Waals surface area contributed by atoms with Crippen LogP contribution in [0.15, 0.2) is 36.4 Å².